The number of amides is 2. The van der Waals surface area contributed by atoms with Crippen molar-refractivity contribution >= 4 is 46.0 Å². The van der Waals surface area contributed by atoms with Crippen LogP contribution in [0.4, 0.5) is 0 Å². The van der Waals surface area contributed by atoms with E-state index >= 15 is 0 Å². The Kier molecular flexibility index (Phi) is 4.35. The summed E-state index contributed by atoms with van der Waals surface area (Å²) in [5.74, 6) is -0.868. The molecule has 140 valence electrons. The van der Waals surface area contributed by atoms with Crippen molar-refractivity contribution < 1.29 is 9.59 Å². The fourth-order valence-electron chi connectivity index (χ4n) is 3.55. The lowest BCUT2D eigenvalue weighted by Gasteiger charge is -2.25. The largest absolute Gasteiger partial charge is 0.318 e. The molecule has 0 saturated carbocycles. The van der Waals surface area contributed by atoms with Gasteiger partial charge in [0.05, 0.1) is 0 Å². The molecule has 4 rings (SSSR count). The van der Waals surface area contributed by atoms with Gasteiger partial charge in [-0.1, -0.05) is 30.3 Å². The van der Waals surface area contributed by atoms with Gasteiger partial charge in [-0.15, -0.1) is 0 Å². The van der Waals surface area contributed by atoms with Crippen LogP contribution >= 0.6 is 12.2 Å². The highest BCUT2D eigenvalue weighted by molar-refractivity contribution is 7.80. The van der Waals surface area contributed by atoms with E-state index in [4.69, 9.17) is 12.2 Å². The smallest absolute Gasteiger partial charge is 0.265 e. The molecule has 2 amide bonds. The summed E-state index contributed by atoms with van der Waals surface area (Å²) < 4.78 is 2.12. The molecule has 1 saturated heterocycles. The zero-order chi connectivity index (χ0) is 20.0. The Morgan fingerprint density at radius 1 is 1.00 bits per heavy atom. The quantitative estimate of drug-likeness (QED) is 0.415. The Morgan fingerprint density at radius 2 is 1.71 bits per heavy atom. The van der Waals surface area contributed by atoms with Crippen molar-refractivity contribution in [3.63, 3.8) is 0 Å². The molecule has 2 heterocycles. The van der Waals surface area contributed by atoms with Gasteiger partial charge in [0.25, 0.3) is 11.8 Å². The van der Waals surface area contributed by atoms with Crippen molar-refractivity contribution in [2.75, 3.05) is 7.05 Å². The van der Waals surface area contributed by atoms with E-state index in [1.807, 2.05) is 32.0 Å². The SMILES string of the molecule is Cc1cc(/C=C2/C(=O)NC(=S)N(C)C2=O)c(C)n1-c1ccc2ccccc2c1. The third kappa shape index (κ3) is 2.92. The molecule has 6 heteroatoms. The number of thiocarbonyl (C=S) groups is 1. The van der Waals surface area contributed by atoms with Crippen molar-refractivity contribution in [1.82, 2.24) is 14.8 Å². The number of carbonyl (C=O) groups excluding carboxylic acids is 2. The van der Waals surface area contributed by atoms with Crippen molar-refractivity contribution in [3.8, 4) is 5.69 Å². The Morgan fingerprint density at radius 3 is 2.46 bits per heavy atom. The minimum Gasteiger partial charge on any atom is -0.318 e. The van der Waals surface area contributed by atoms with Crippen LogP contribution in [-0.4, -0.2) is 33.4 Å². The molecule has 1 N–H and O–H groups in total. The highest BCUT2D eigenvalue weighted by Crippen LogP contribution is 2.26. The molecule has 0 atom stereocenters. The molecular formula is C22H19N3O2S. The molecule has 1 aliphatic rings. The lowest BCUT2D eigenvalue weighted by Crippen LogP contribution is -2.52. The van der Waals surface area contributed by atoms with Crippen molar-refractivity contribution in [2.45, 2.75) is 13.8 Å². The minimum absolute atomic E-state index is 0.0786. The zero-order valence-electron chi connectivity index (χ0n) is 15.8. The summed E-state index contributed by atoms with van der Waals surface area (Å²) in [5, 5.41) is 5.00. The van der Waals surface area contributed by atoms with Gasteiger partial charge in [0.2, 0.25) is 0 Å². The lowest BCUT2D eigenvalue weighted by molar-refractivity contribution is -0.128. The molecular weight excluding hydrogens is 370 g/mol. The second kappa shape index (κ2) is 6.73. The first-order chi connectivity index (χ1) is 13.4. The molecule has 3 aromatic rings. The van der Waals surface area contributed by atoms with Crippen LogP contribution in [-0.2, 0) is 9.59 Å². The third-order valence-electron chi connectivity index (χ3n) is 5.07. The summed E-state index contributed by atoms with van der Waals surface area (Å²) in [5.41, 5.74) is 3.92. The van der Waals surface area contributed by atoms with E-state index < -0.39 is 11.8 Å². The Hall–Kier alpha value is -3.25. The van der Waals surface area contributed by atoms with Gasteiger partial charge in [-0.25, -0.2) is 0 Å². The van der Waals surface area contributed by atoms with E-state index in [9.17, 15) is 9.59 Å². The van der Waals surface area contributed by atoms with Crippen LogP contribution in [0, 0.1) is 13.8 Å². The number of benzene rings is 2. The molecule has 2 aromatic carbocycles. The first-order valence-corrected chi connectivity index (χ1v) is 9.31. The summed E-state index contributed by atoms with van der Waals surface area (Å²) in [6.07, 6.45) is 1.63. The highest BCUT2D eigenvalue weighted by atomic mass is 32.1. The predicted octanol–water partition coefficient (Wildman–Crippen LogP) is 3.50. The summed E-state index contributed by atoms with van der Waals surface area (Å²) in [6, 6.07) is 16.5. The number of nitrogens with one attached hydrogen (secondary N) is 1. The molecule has 0 radical (unpaired) electrons. The number of aryl methyl sites for hydroxylation is 1. The minimum atomic E-state index is -0.469. The number of nitrogens with zero attached hydrogens (tertiary/aromatic N) is 2. The maximum absolute atomic E-state index is 12.5. The summed E-state index contributed by atoms with van der Waals surface area (Å²) in [7, 11) is 1.55. The monoisotopic (exact) mass is 389 g/mol. The molecule has 1 aliphatic heterocycles. The summed E-state index contributed by atoms with van der Waals surface area (Å²) in [4.78, 5) is 26.0. The zero-order valence-corrected chi connectivity index (χ0v) is 16.6. The van der Waals surface area contributed by atoms with Crippen molar-refractivity contribution in [2.24, 2.45) is 0 Å². The highest BCUT2D eigenvalue weighted by Gasteiger charge is 2.31. The van der Waals surface area contributed by atoms with Crippen LogP contribution in [0.1, 0.15) is 17.0 Å². The molecule has 0 bridgehead atoms. The standard InChI is InChI=1S/C22H19N3O2S/c1-13-10-17(12-19-20(26)23-22(28)24(3)21(19)27)14(2)25(13)18-9-8-15-6-4-5-7-16(15)11-18/h4-12H,1-3H3,(H,23,26,28)/b19-12-. The third-order valence-corrected chi connectivity index (χ3v) is 5.44. The van der Waals surface area contributed by atoms with Crippen LogP contribution in [0.25, 0.3) is 22.5 Å². The molecule has 1 aromatic heterocycles. The predicted molar refractivity (Wildman–Crippen MR) is 114 cm³/mol. The number of hydrogen-bond donors (Lipinski definition) is 1. The normalized spacial score (nSPS) is 16.2. The number of carbonyl (C=O) groups is 2. The molecule has 28 heavy (non-hydrogen) atoms. The van der Waals surface area contributed by atoms with Crippen LogP contribution in [0.5, 0.6) is 0 Å². The first-order valence-electron chi connectivity index (χ1n) is 8.90. The van der Waals surface area contributed by atoms with Crippen LogP contribution < -0.4 is 5.32 Å². The van der Waals surface area contributed by atoms with E-state index in [0.29, 0.717) is 0 Å². The summed E-state index contributed by atoms with van der Waals surface area (Å²) in [6.45, 7) is 3.99. The molecule has 0 unspecified atom stereocenters. The number of fused-ring (bicyclic) bond motifs is 1. The number of rotatable bonds is 2. The van der Waals surface area contributed by atoms with Crippen LogP contribution in [0.15, 0.2) is 54.1 Å². The Bertz CT molecular complexity index is 1190. The van der Waals surface area contributed by atoms with E-state index in [-0.39, 0.29) is 10.7 Å². The maximum Gasteiger partial charge on any atom is 0.265 e. The second-order valence-corrected chi connectivity index (χ2v) is 7.26. The van der Waals surface area contributed by atoms with Gasteiger partial charge in [-0.05, 0) is 66.7 Å². The lowest BCUT2D eigenvalue weighted by atomic mass is 10.1. The van der Waals surface area contributed by atoms with E-state index in [0.717, 1.165) is 28.0 Å². The van der Waals surface area contributed by atoms with Crippen LogP contribution in [0.2, 0.25) is 0 Å². The van der Waals surface area contributed by atoms with E-state index in [2.05, 4.69) is 40.2 Å². The fourth-order valence-corrected chi connectivity index (χ4v) is 3.72. The van der Waals surface area contributed by atoms with E-state index in [1.165, 1.54) is 10.3 Å². The molecule has 0 spiro atoms. The topological polar surface area (TPSA) is 54.3 Å². The van der Waals surface area contributed by atoms with Crippen molar-refractivity contribution in [3.05, 3.63) is 71.1 Å². The second-order valence-electron chi connectivity index (χ2n) is 6.87. The molecule has 0 aliphatic carbocycles. The molecule has 5 nitrogen and oxygen atoms in total. The Labute approximate surface area is 168 Å². The maximum atomic E-state index is 12.5. The van der Waals surface area contributed by atoms with Gasteiger partial charge in [0.1, 0.15) is 5.57 Å². The fraction of sp³-hybridized carbons (Fsp3) is 0.136. The number of hydrogen-bond acceptors (Lipinski definition) is 3. The van der Waals surface area contributed by atoms with Gasteiger partial charge in [0.15, 0.2) is 5.11 Å². The number of likely N-dealkylation sites (N-methyl/N-ethyl adjacent to an activating group) is 1. The van der Waals surface area contributed by atoms with Gasteiger partial charge >= 0.3 is 0 Å². The molecule has 1 fully saturated rings. The van der Waals surface area contributed by atoms with Gasteiger partial charge < -0.3 is 4.57 Å². The van der Waals surface area contributed by atoms with Crippen LogP contribution in [0.3, 0.4) is 0 Å². The average Bonchev–Trinajstić information content (AvgIpc) is 2.96. The van der Waals surface area contributed by atoms with Gasteiger partial charge in [0, 0.05) is 24.1 Å². The van der Waals surface area contributed by atoms with Gasteiger partial charge in [-0.3, -0.25) is 19.8 Å². The van der Waals surface area contributed by atoms with Crippen molar-refractivity contribution in [1.29, 1.82) is 0 Å². The Balaban J connectivity index is 1.80. The average molecular weight is 389 g/mol. The van der Waals surface area contributed by atoms with Gasteiger partial charge in [-0.2, -0.15) is 0 Å². The number of aromatic nitrogens is 1. The first kappa shape index (κ1) is 18.1. The summed E-state index contributed by atoms with van der Waals surface area (Å²) >= 11 is 5.00. The van der Waals surface area contributed by atoms with E-state index in [1.54, 1.807) is 13.1 Å².